The molecule has 10 heteroatoms. The highest BCUT2D eigenvalue weighted by Crippen LogP contribution is 2.23. The molecule has 1 atom stereocenters. The third kappa shape index (κ3) is 8.73. The molecule has 0 aromatic heterocycles. The van der Waals surface area contributed by atoms with Crippen LogP contribution in [0.5, 0.6) is 0 Å². The Hall–Kier alpha value is -3.14. The minimum absolute atomic E-state index is 0.0881. The van der Waals surface area contributed by atoms with E-state index in [0.29, 0.717) is 16.8 Å². The van der Waals surface area contributed by atoms with E-state index in [-0.39, 0.29) is 24.4 Å². The molecule has 0 saturated heterocycles. The SMILES string of the molecule is CC(C)(C)OC(=O)NCCCC(NS(=O)(=O)c1cccc2ccccc12)C(=O)NCc1cccc(Cl)c1. The molecule has 0 aliphatic heterocycles. The predicted molar refractivity (Wildman–Crippen MR) is 145 cm³/mol. The summed E-state index contributed by atoms with van der Waals surface area (Å²) >= 11 is 6.03. The van der Waals surface area contributed by atoms with E-state index in [1.165, 1.54) is 6.07 Å². The summed E-state index contributed by atoms with van der Waals surface area (Å²) in [6, 6.07) is 18.1. The second kappa shape index (κ2) is 12.4. The van der Waals surface area contributed by atoms with Gasteiger partial charge in [0.05, 0.1) is 4.90 Å². The van der Waals surface area contributed by atoms with Gasteiger partial charge >= 0.3 is 6.09 Å². The minimum atomic E-state index is -4.04. The quantitative estimate of drug-likeness (QED) is 0.318. The van der Waals surface area contributed by atoms with Crippen LogP contribution in [0.3, 0.4) is 0 Å². The van der Waals surface area contributed by atoms with E-state index in [9.17, 15) is 18.0 Å². The topological polar surface area (TPSA) is 114 Å². The van der Waals surface area contributed by atoms with Gasteiger partial charge in [-0.05, 0) is 62.8 Å². The Bertz CT molecular complexity index is 1350. The van der Waals surface area contributed by atoms with E-state index in [2.05, 4.69) is 15.4 Å². The van der Waals surface area contributed by atoms with Crippen molar-refractivity contribution in [2.24, 2.45) is 0 Å². The molecule has 0 aliphatic carbocycles. The first-order valence-electron chi connectivity index (χ1n) is 11.9. The summed E-state index contributed by atoms with van der Waals surface area (Å²) in [4.78, 5) is 25.1. The molecule has 0 saturated carbocycles. The number of sulfonamides is 1. The van der Waals surface area contributed by atoms with Crippen molar-refractivity contribution in [3.63, 3.8) is 0 Å². The molecule has 3 aromatic rings. The maximum absolute atomic E-state index is 13.4. The van der Waals surface area contributed by atoms with E-state index in [0.717, 1.165) is 10.9 Å². The number of carbonyl (C=O) groups excluding carboxylic acids is 2. The van der Waals surface area contributed by atoms with E-state index in [4.69, 9.17) is 16.3 Å². The molecule has 3 N–H and O–H groups in total. The molecule has 2 amide bonds. The van der Waals surface area contributed by atoms with Crippen molar-refractivity contribution in [1.82, 2.24) is 15.4 Å². The number of benzene rings is 3. The Morgan fingerprint density at radius 3 is 2.41 bits per heavy atom. The van der Waals surface area contributed by atoms with Crippen molar-refractivity contribution in [3.05, 3.63) is 77.3 Å². The fraction of sp³-hybridized carbons (Fsp3) is 0.333. The van der Waals surface area contributed by atoms with Gasteiger partial charge in [-0.3, -0.25) is 4.79 Å². The second-order valence-corrected chi connectivity index (χ2v) is 11.7. The number of halogens is 1. The molecular weight excluding hydrogens is 514 g/mol. The lowest BCUT2D eigenvalue weighted by Gasteiger charge is -2.21. The zero-order chi connectivity index (χ0) is 27.1. The number of amides is 2. The van der Waals surface area contributed by atoms with Gasteiger partial charge in [-0.25, -0.2) is 13.2 Å². The second-order valence-electron chi connectivity index (χ2n) is 9.57. The molecule has 8 nitrogen and oxygen atoms in total. The van der Waals surface area contributed by atoms with Crippen LogP contribution in [-0.4, -0.2) is 38.6 Å². The lowest BCUT2D eigenvalue weighted by Crippen LogP contribution is -2.46. The first-order chi connectivity index (χ1) is 17.4. The number of ether oxygens (including phenoxy) is 1. The zero-order valence-corrected chi connectivity index (χ0v) is 22.7. The van der Waals surface area contributed by atoms with Crippen molar-refractivity contribution in [2.45, 2.75) is 56.7 Å². The van der Waals surface area contributed by atoms with Crippen LogP contribution in [0.1, 0.15) is 39.2 Å². The summed E-state index contributed by atoms with van der Waals surface area (Å²) in [6.07, 6.45) is -0.0842. The van der Waals surface area contributed by atoms with Crippen LogP contribution in [0.15, 0.2) is 71.6 Å². The van der Waals surface area contributed by atoms with Gasteiger partial charge in [0.15, 0.2) is 0 Å². The summed E-state index contributed by atoms with van der Waals surface area (Å²) in [5.74, 6) is -0.485. The summed E-state index contributed by atoms with van der Waals surface area (Å²) in [7, 11) is -4.04. The lowest BCUT2D eigenvalue weighted by molar-refractivity contribution is -0.123. The normalized spacial score (nSPS) is 12.6. The summed E-state index contributed by atoms with van der Waals surface area (Å²) in [6.45, 7) is 5.67. The van der Waals surface area contributed by atoms with Crippen LogP contribution in [-0.2, 0) is 26.1 Å². The molecule has 0 radical (unpaired) electrons. The Balaban J connectivity index is 1.73. The molecule has 0 spiro atoms. The maximum Gasteiger partial charge on any atom is 0.407 e. The van der Waals surface area contributed by atoms with E-state index < -0.39 is 33.7 Å². The number of hydrogen-bond donors (Lipinski definition) is 3. The van der Waals surface area contributed by atoms with Gasteiger partial charge < -0.3 is 15.4 Å². The summed E-state index contributed by atoms with van der Waals surface area (Å²) < 4.78 is 34.5. The number of hydrogen-bond acceptors (Lipinski definition) is 5. The van der Waals surface area contributed by atoms with Gasteiger partial charge in [0, 0.05) is 23.5 Å². The van der Waals surface area contributed by atoms with Gasteiger partial charge in [0.1, 0.15) is 11.6 Å². The van der Waals surface area contributed by atoms with Gasteiger partial charge in [0.25, 0.3) is 0 Å². The summed E-state index contributed by atoms with van der Waals surface area (Å²) in [5.41, 5.74) is 0.143. The predicted octanol–water partition coefficient (Wildman–Crippen LogP) is 4.76. The number of nitrogens with one attached hydrogen (secondary N) is 3. The highest BCUT2D eigenvalue weighted by Gasteiger charge is 2.27. The van der Waals surface area contributed by atoms with Crippen LogP contribution in [0, 0.1) is 0 Å². The molecule has 0 heterocycles. The fourth-order valence-electron chi connectivity index (χ4n) is 3.69. The zero-order valence-electron chi connectivity index (χ0n) is 21.1. The van der Waals surface area contributed by atoms with Gasteiger partial charge in [-0.1, -0.05) is 60.1 Å². The Kier molecular flexibility index (Phi) is 9.53. The first kappa shape index (κ1) is 28.4. The van der Waals surface area contributed by atoms with Crippen LogP contribution in [0.25, 0.3) is 10.8 Å². The first-order valence-corrected chi connectivity index (χ1v) is 13.8. The Morgan fingerprint density at radius 2 is 1.68 bits per heavy atom. The standard InChI is InChI=1S/C27H32ClN3O5S/c1-27(2,3)36-26(33)29-16-8-14-23(25(32)30-18-19-9-6-12-21(28)17-19)31-37(34,35)24-15-7-11-20-10-4-5-13-22(20)24/h4-7,9-13,15,17,23,31H,8,14,16,18H2,1-3H3,(H,29,33)(H,30,32). The monoisotopic (exact) mass is 545 g/mol. The summed E-state index contributed by atoms with van der Waals surface area (Å²) in [5, 5.41) is 7.28. The van der Waals surface area contributed by atoms with Crippen LogP contribution in [0.2, 0.25) is 5.02 Å². The Labute approximate surface area is 222 Å². The molecular formula is C27H32ClN3O5S. The molecule has 1 unspecified atom stereocenters. The third-order valence-electron chi connectivity index (χ3n) is 5.35. The molecule has 0 aliphatic rings. The van der Waals surface area contributed by atoms with E-state index in [1.54, 1.807) is 57.2 Å². The van der Waals surface area contributed by atoms with Crippen molar-refractivity contribution in [2.75, 3.05) is 6.54 Å². The number of rotatable bonds is 10. The van der Waals surface area contributed by atoms with Crippen LogP contribution in [0.4, 0.5) is 4.79 Å². The average Bonchev–Trinajstić information content (AvgIpc) is 2.83. The number of alkyl carbamates (subject to hydrolysis) is 1. The molecule has 3 rings (SSSR count). The molecule has 0 bridgehead atoms. The van der Waals surface area contributed by atoms with Gasteiger partial charge in [-0.2, -0.15) is 4.72 Å². The molecule has 37 heavy (non-hydrogen) atoms. The molecule has 0 fully saturated rings. The molecule has 198 valence electrons. The maximum atomic E-state index is 13.4. The fourth-order valence-corrected chi connectivity index (χ4v) is 5.37. The molecule has 3 aromatic carbocycles. The van der Waals surface area contributed by atoms with Crippen molar-refractivity contribution >= 4 is 44.4 Å². The van der Waals surface area contributed by atoms with Crippen LogP contribution >= 0.6 is 11.6 Å². The number of carbonyl (C=O) groups is 2. The minimum Gasteiger partial charge on any atom is -0.444 e. The van der Waals surface area contributed by atoms with Crippen molar-refractivity contribution in [3.8, 4) is 0 Å². The van der Waals surface area contributed by atoms with Crippen molar-refractivity contribution in [1.29, 1.82) is 0 Å². The Morgan fingerprint density at radius 1 is 0.973 bits per heavy atom. The van der Waals surface area contributed by atoms with Crippen molar-refractivity contribution < 1.29 is 22.7 Å². The third-order valence-corrected chi connectivity index (χ3v) is 7.11. The van der Waals surface area contributed by atoms with E-state index in [1.807, 2.05) is 24.3 Å². The number of fused-ring (bicyclic) bond motifs is 1. The highest BCUT2D eigenvalue weighted by molar-refractivity contribution is 7.89. The van der Waals surface area contributed by atoms with Gasteiger partial charge in [0.2, 0.25) is 15.9 Å². The lowest BCUT2D eigenvalue weighted by atomic mass is 10.1. The highest BCUT2D eigenvalue weighted by atomic mass is 35.5. The van der Waals surface area contributed by atoms with E-state index >= 15 is 0 Å². The largest absolute Gasteiger partial charge is 0.444 e. The van der Waals surface area contributed by atoms with Gasteiger partial charge in [-0.15, -0.1) is 0 Å². The smallest absolute Gasteiger partial charge is 0.407 e. The average molecular weight is 546 g/mol. The van der Waals surface area contributed by atoms with Crippen LogP contribution < -0.4 is 15.4 Å².